The van der Waals surface area contributed by atoms with Gasteiger partial charge in [-0.3, -0.25) is 14.4 Å². The third-order valence-corrected chi connectivity index (χ3v) is 8.70. The number of alkyl halides is 3. The summed E-state index contributed by atoms with van der Waals surface area (Å²) in [5, 5.41) is 12.3. The largest absolute Gasteiger partial charge is 0.481 e. The van der Waals surface area contributed by atoms with E-state index in [1.807, 2.05) is 4.90 Å². The lowest BCUT2D eigenvalue weighted by molar-refractivity contribution is -0.139. The fourth-order valence-electron chi connectivity index (χ4n) is 6.12. The number of hydrogen-bond donors (Lipinski definition) is 2. The molecule has 47 heavy (non-hydrogen) atoms. The van der Waals surface area contributed by atoms with Crippen molar-refractivity contribution in [3.05, 3.63) is 91.9 Å². The molecule has 1 aliphatic rings. The number of benzene rings is 2. The van der Waals surface area contributed by atoms with Crippen LogP contribution in [0.15, 0.2) is 41.3 Å². The molecule has 1 saturated heterocycles. The van der Waals surface area contributed by atoms with Crippen molar-refractivity contribution >= 4 is 11.9 Å². The highest BCUT2D eigenvalue weighted by Gasteiger charge is 2.36. The third kappa shape index (κ3) is 8.27. The second-order valence-electron chi connectivity index (χ2n) is 12.8. The van der Waals surface area contributed by atoms with Crippen molar-refractivity contribution in [1.82, 2.24) is 14.8 Å². The SMILES string of the molecule is Cc1cc(-c2c(C)ccc(F)c2C)cc([C@H](CC(=O)O)NC(=O)[C@H](CC(C)C)n2cc(CCN3CCC3)c(C(F)(F)F)cc2=O)c1F. The Morgan fingerprint density at radius 1 is 1.02 bits per heavy atom. The van der Waals surface area contributed by atoms with E-state index in [0.717, 1.165) is 30.3 Å². The number of pyridine rings is 1. The number of aromatic nitrogens is 1. The van der Waals surface area contributed by atoms with Crippen LogP contribution >= 0.6 is 0 Å². The first-order valence-electron chi connectivity index (χ1n) is 15.6. The summed E-state index contributed by atoms with van der Waals surface area (Å²) in [6.45, 7) is 10.2. The van der Waals surface area contributed by atoms with Crippen LogP contribution in [0.2, 0.25) is 0 Å². The molecule has 0 radical (unpaired) electrons. The highest BCUT2D eigenvalue weighted by atomic mass is 19.4. The molecule has 1 aromatic heterocycles. The van der Waals surface area contributed by atoms with Gasteiger partial charge in [0.1, 0.15) is 17.7 Å². The monoisotopic (exact) mass is 661 g/mol. The van der Waals surface area contributed by atoms with Crippen molar-refractivity contribution < 1.29 is 36.6 Å². The summed E-state index contributed by atoms with van der Waals surface area (Å²) in [7, 11) is 0. The van der Waals surface area contributed by atoms with Gasteiger partial charge >= 0.3 is 12.1 Å². The zero-order valence-corrected chi connectivity index (χ0v) is 27.1. The number of likely N-dealkylation sites (tertiary alicyclic amines) is 1. The van der Waals surface area contributed by atoms with E-state index in [-0.39, 0.29) is 35.4 Å². The Balaban J connectivity index is 1.78. The van der Waals surface area contributed by atoms with Gasteiger partial charge in [-0.25, -0.2) is 8.78 Å². The van der Waals surface area contributed by atoms with Crippen LogP contribution < -0.4 is 10.9 Å². The Morgan fingerprint density at radius 3 is 2.28 bits per heavy atom. The van der Waals surface area contributed by atoms with Gasteiger partial charge in [-0.15, -0.1) is 0 Å². The molecule has 1 aliphatic heterocycles. The Morgan fingerprint density at radius 2 is 1.70 bits per heavy atom. The molecule has 3 aromatic rings. The average molecular weight is 662 g/mol. The molecule has 0 spiro atoms. The van der Waals surface area contributed by atoms with Crippen LogP contribution in [0, 0.1) is 38.3 Å². The number of nitrogens with zero attached hydrogens (tertiary/aromatic N) is 2. The molecule has 0 aliphatic carbocycles. The average Bonchev–Trinajstić information content (AvgIpc) is 2.94. The van der Waals surface area contributed by atoms with E-state index in [2.05, 4.69) is 5.32 Å². The first-order chi connectivity index (χ1) is 22.0. The molecule has 254 valence electrons. The Hall–Kier alpha value is -4.06. The van der Waals surface area contributed by atoms with Gasteiger partial charge in [0.25, 0.3) is 5.56 Å². The maximum atomic E-state index is 15.7. The number of aryl methyl sites for hydroxylation is 2. The van der Waals surface area contributed by atoms with Gasteiger partial charge in [0.15, 0.2) is 0 Å². The van der Waals surface area contributed by atoms with Crippen molar-refractivity contribution in [3.63, 3.8) is 0 Å². The van der Waals surface area contributed by atoms with Crippen LogP contribution in [0.1, 0.15) is 78.6 Å². The number of rotatable bonds is 12. The van der Waals surface area contributed by atoms with Crippen LogP contribution in [-0.4, -0.2) is 46.1 Å². The standard InChI is InChI=1S/C35H40F5N3O4/c1-19(2)13-29(43-18-23(9-12-42-10-6-11-42)26(16-30(43)44)35(38,39)40)34(47)41-28(17-31(45)46)25-15-24(14-21(4)33(25)37)32-20(3)7-8-27(36)22(32)5/h7-8,14-16,18-19,28-29H,6,9-13,17H2,1-5H3,(H,41,47)(H,45,46)/t28-,29-/m0/s1. The molecule has 2 N–H and O–H groups in total. The fourth-order valence-corrected chi connectivity index (χ4v) is 6.12. The van der Waals surface area contributed by atoms with Crippen molar-refractivity contribution in [2.75, 3.05) is 19.6 Å². The molecule has 0 bridgehead atoms. The van der Waals surface area contributed by atoms with Gasteiger partial charge in [-0.05, 0) is 111 Å². The molecule has 0 unspecified atom stereocenters. The van der Waals surface area contributed by atoms with E-state index in [4.69, 9.17) is 0 Å². The highest BCUT2D eigenvalue weighted by Crippen LogP contribution is 2.35. The normalized spacial score (nSPS) is 15.0. The molecule has 2 atom stereocenters. The highest BCUT2D eigenvalue weighted by molar-refractivity contribution is 5.82. The van der Waals surface area contributed by atoms with Gasteiger partial charge < -0.3 is 19.9 Å². The van der Waals surface area contributed by atoms with Crippen LogP contribution in [-0.2, 0) is 22.2 Å². The molecule has 2 heterocycles. The predicted molar refractivity (Wildman–Crippen MR) is 168 cm³/mol. The number of amides is 1. The zero-order chi connectivity index (χ0) is 34.8. The summed E-state index contributed by atoms with van der Waals surface area (Å²) >= 11 is 0. The summed E-state index contributed by atoms with van der Waals surface area (Å²) in [6.07, 6.45) is -3.46. The van der Waals surface area contributed by atoms with Gasteiger partial charge in [-0.2, -0.15) is 13.2 Å². The Kier molecular flexibility index (Phi) is 10.9. The maximum Gasteiger partial charge on any atom is 0.416 e. The summed E-state index contributed by atoms with van der Waals surface area (Å²) in [5.41, 5.74) is -0.342. The van der Waals surface area contributed by atoms with Crippen molar-refractivity contribution in [1.29, 1.82) is 0 Å². The van der Waals surface area contributed by atoms with E-state index >= 15 is 4.39 Å². The van der Waals surface area contributed by atoms with E-state index in [1.54, 1.807) is 33.8 Å². The molecule has 4 rings (SSSR count). The summed E-state index contributed by atoms with van der Waals surface area (Å²) in [6, 6.07) is 3.54. The number of halogens is 5. The second kappa shape index (κ2) is 14.4. The number of carbonyl (C=O) groups is 2. The minimum Gasteiger partial charge on any atom is -0.481 e. The van der Waals surface area contributed by atoms with Crippen molar-refractivity contribution in [2.45, 2.75) is 78.6 Å². The number of aliphatic carboxylic acids is 1. The Labute approximate surface area is 270 Å². The lowest BCUT2D eigenvalue weighted by Crippen LogP contribution is -2.41. The minimum atomic E-state index is -4.79. The molecule has 1 fully saturated rings. The lowest BCUT2D eigenvalue weighted by Gasteiger charge is -2.31. The fraction of sp³-hybridized carbons (Fsp3) is 0.457. The number of nitrogens with one attached hydrogen (secondary N) is 1. The molecular weight excluding hydrogens is 621 g/mol. The molecule has 1 amide bonds. The summed E-state index contributed by atoms with van der Waals surface area (Å²) in [5.74, 6) is -3.65. The van der Waals surface area contributed by atoms with E-state index in [0.29, 0.717) is 34.9 Å². The van der Waals surface area contributed by atoms with E-state index in [1.165, 1.54) is 25.1 Å². The Bertz CT molecular complexity index is 1710. The number of carbonyl (C=O) groups excluding carboxylic acids is 1. The molecule has 2 aromatic carbocycles. The first-order valence-corrected chi connectivity index (χ1v) is 15.6. The summed E-state index contributed by atoms with van der Waals surface area (Å²) in [4.78, 5) is 41.1. The van der Waals surface area contributed by atoms with Gasteiger partial charge in [0, 0.05) is 24.4 Å². The third-order valence-electron chi connectivity index (χ3n) is 8.70. The first kappa shape index (κ1) is 35.8. The number of carboxylic acid groups (broad SMARTS) is 1. The molecule has 7 nitrogen and oxygen atoms in total. The van der Waals surface area contributed by atoms with Crippen molar-refractivity contribution in [2.24, 2.45) is 5.92 Å². The maximum absolute atomic E-state index is 15.7. The zero-order valence-electron chi connectivity index (χ0n) is 27.1. The number of hydrogen-bond acceptors (Lipinski definition) is 4. The molecular formula is C35H40F5N3O4. The van der Waals surface area contributed by atoms with Crippen LogP contribution in [0.5, 0.6) is 0 Å². The minimum absolute atomic E-state index is 0.00295. The molecule has 12 heteroatoms. The molecule has 0 saturated carbocycles. The summed E-state index contributed by atoms with van der Waals surface area (Å²) < 4.78 is 73.2. The second-order valence-corrected chi connectivity index (χ2v) is 12.8. The van der Waals surface area contributed by atoms with Gasteiger partial charge in [0.2, 0.25) is 5.91 Å². The lowest BCUT2D eigenvalue weighted by atomic mass is 9.90. The van der Waals surface area contributed by atoms with Crippen molar-refractivity contribution in [3.8, 4) is 11.1 Å². The quantitative estimate of drug-likeness (QED) is 0.206. The predicted octanol–water partition coefficient (Wildman–Crippen LogP) is 6.91. The number of carboxylic acids is 1. The van der Waals surface area contributed by atoms with Gasteiger partial charge in [-0.1, -0.05) is 19.9 Å². The van der Waals surface area contributed by atoms with Crippen LogP contribution in [0.3, 0.4) is 0 Å². The van der Waals surface area contributed by atoms with Crippen LogP contribution in [0.25, 0.3) is 11.1 Å². The smallest absolute Gasteiger partial charge is 0.416 e. The topological polar surface area (TPSA) is 91.6 Å². The van der Waals surface area contributed by atoms with Gasteiger partial charge in [0.05, 0.1) is 18.0 Å². The van der Waals surface area contributed by atoms with E-state index < -0.39 is 59.3 Å². The van der Waals surface area contributed by atoms with E-state index in [9.17, 15) is 37.1 Å². The van der Waals surface area contributed by atoms with Crippen LogP contribution in [0.4, 0.5) is 22.0 Å².